The molecule has 0 heterocycles. The second-order valence-electron chi connectivity index (χ2n) is 3.69. The molecule has 0 aromatic heterocycles. The van der Waals surface area contributed by atoms with E-state index in [1.54, 1.807) is 0 Å². The van der Waals surface area contributed by atoms with Crippen molar-refractivity contribution < 1.29 is 4.79 Å². The minimum absolute atomic E-state index is 0.162. The van der Waals surface area contributed by atoms with Crippen LogP contribution in [0.15, 0.2) is 11.6 Å². The van der Waals surface area contributed by atoms with E-state index in [9.17, 15) is 4.79 Å². The number of carbonyl (C=O) groups is 1. The van der Waals surface area contributed by atoms with E-state index in [0.717, 1.165) is 19.3 Å². The van der Waals surface area contributed by atoms with Crippen LogP contribution in [0.4, 0.5) is 0 Å². The molecule has 62 valence electrons. The van der Waals surface area contributed by atoms with E-state index < -0.39 is 0 Å². The summed E-state index contributed by atoms with van der Waals surface area (Å²) in [4.78, 5) is 11.0. The second-order valence-corrected chi connectivity index (χ2v) is 3.69. The van der Waals surface area contributed by atoms with E-state index in [-0.39, 0.29) is 11.3 Å². The normalized spacial score (nSPS) is 31.3. The molecule has 2 N–H and O–H groups in total. The van der Waals surface area contributed by atoms with Gasteiger partial charge < -0.3 is 5.73 Å². The SMILES string of the molecule is CC1=CCCC(C)(C(N)=O)C1. The molecule has 1 rings (SSSR count). The van der Waals surface area contributed by atoms with Crippen LogP contribution >= 0.6 is 0 Å². The summed E-state index contributed by atoms with van der Waals surface area (Å²) >= 11 is 0. The lowest BCUT2D eigenvalue weighted by molar-refractivity contribution is -0.127. The van der Waals surface area contributed by atoms with Gasteiger partial charge in [-0.05, 0) is 26.2 Å². The third-order valence-electron chi connectivity index (χ3n) is 2.45. The number of rotatable bonds is 1. The zero-order valence-corrected chi connectivity index (χ0v) is 7.18. The highest BCUT2D eigenvalue weighted by atomic mass is 16.1. The molecule has 0 fully saturated rings. The minimum atomic E-state index is -0.279. The lowest BCUT2D eigenvalue weighted by Gasteiger charge is -2.29. The van der Waals surface area contributed by atoms with Gasteiger partial charge in [0.05, 0.1) is 5.41 Å². The van der Waals surface area contributed by atoms with E-state index in [4.69, 9.17) is 5.73 Å². The van der Waals surface area contributed by atoms with Crippen LogP contribution < -0.4 is 5.73 Å². The minimum Gasteiger partial charge on any atom is -0.369 e. The third kappa shape index (κ3) is 1.62. The van der Waals surface area contributed by atoms with E-state index in [2.05, 4.69) is 13.0 Å². The fourth-order valence-electron chi connectivity index (χ4n) is 1.62. The Bertz CT molecular complexity index is 208. The third-order valence-corrected chi connectivity index (χ3v) is 2.45. The molecule has 2 heteroatoms. The topological polar surface area (TPSA) is 43.1 Å². The molecule has 0 saturated heterocycles. The van der Waals surface area contributed by atoms with Crippen molar-refractivity contribution in [1.29, 1.82) is 0 Å². The Kier molecular flexibility index (Phi) is 2.03. The van der Waals surface area contributed by atoms with Gasteiger partial charge in [0.25, 0.3) is 0 Å². The van der Waals surface area contributed by atoms with Gasteiger partial charge >= 0.3 is 0 Å². The molecule has 0 spiro atoms. The van der Waals surface area contributed by atoms with Crippen LogP contribution in [-0.4, -0.2) is 5.91 Å². The van der Waals surface area contributed by atoms with Gasteiger partial charge in [-0.1, -0.05) is 18.6 Å². The molecule has 2 nitrogen and oxygen atoms in total. The van der Waals surface area contributed by atoms with Crippen molar-refractivity contribution in [2.45, 2.75) is 33.1 Å². The molecule has 1 aliphatic carbocycles. The predicted molar refractivity (Wildman–Crippen MR) is 44.9 cm³/mol. The van der Waals surface area contributed by atoms with Gasteiger partial charge in [-0.3, -0.25) is 4.79 Å². The van der Waals surface area contributed by atoms with Crippen LogP contribution in [0.5, 0.6) is 0 Å². The van der Waals surface area contributed by atoms with E-state index >= 15 is 0 Å². The molecular formula is C9H15NO. The maximum absolute atomic E-state index is 11.0. The Labute approximate surface area is 67.5 Å². The molecule has 0 aliphatic heterocycles. The Hall–Kier alpha value is -0.790. The molecular weight excluding hydrogens is 138 g/mol. The van der Waals surface area contributed by atoms with Gasteiger partial charge in [-0.25, -0.2) is 0 Å². The maximum atomic E-state index is 11.0. The number of carbonyl (C=O) groups excluding carboxylic acids is 1. The van der Waals surface area contributed by atoms with Crippen LogP contribution in [0.2, 0.25) is 0 Å². The van der Waals surface area contributed by atoms with Crippen molar-refractivity contribution in [3.8, 4) is 0 Å². The Morgan fingerprint density at radius 2 is 2.36 bits per heavy atom. The number of primary amides is 1. The molecule has 0 aromatic rings. The fourth-order valence-corrected chi connectivity index (χ4v) is 1.62. The smallest absolute Gasteiger partial charge is 0.223 e. The van der Waals surface area contributed by atoms with Crippen LogP contribution in [0.25, 0.3) is 0 Å². The van der Waals surface area contributed by atoms with Gasteiger partial charge in [0.1, 0.15) is 0 Å². The first-order chi connectivity index (χ1) is 5.04. The standard InChI is InChI=1S/C9H15NO/c1-7-4-3-5-9(2,6-7)8(10)11/h4H,3,5-6H2,1-2H3,(H2,10,11). The Balaban J connectivity index is 2.76. The number of hydrogen-bond acceptors (Lipinski definition) is 1. The first-order valence-electron chi connectivity index (χ1n) is 4.00. The van der Waals surface area contributed by atoms with Crippen LogP contribution in [0.3, 0.4) is 0 Å². The first kappa shape index (κ1) is 8.31. The number of nitrogens with two attached hydrogens (primary N) is 1. The van der Waals surface area contributed by atoms with Crippen molar-refractivity contribution in [3.63, 3.8) is 0 Å². The average Bonchev–Trinajstić information content (AvgIpc) is 1.86. The number of allylic oxidation sites excluding steroid dienone is 2. The second kappa shape index (κ2) is 2.68. The lowest BCUT2D eigenvalue weighted by atomic mass is 9.75. The summed E-state index contributed by atoms with van der Waals surface area (Å²) in [5.41, 5.74) is 6.31. The maximum Gasteiger partial charge on any atom is 0.223 e. The molecule has 1 amide bonds. The Morgan fingerprint density at radius 1 is 1.73 bits per heavy atom. The van der Waals surface area contributed by atoms with E-state index in [0.29, 0.717) is 0 Å². The zero-order chi connectivity index (χ0) is 8.48. The predicted octanol–water partition coefficient (Wildman–Crippen LogP) is 1.61. The highest BCUT2D eigenvalue weighted by molar-refractivity contribution is 5.80. The molecule has 0 saturated carbocycles. The van der Waals surface area contributed by atoms with Crippen LogP contribution in [0, 0.1) is 5.41 Å². The summed E-state index contributed by atoms with van der Waals surface area (Å²) in [5, 5.41) is 0. The Morgan fingerprint density at radius 3 is 2.73 bits per heavy atom. The van der Waals surface area contributed by atoms with Gasteiger partial charge in [-0.15, -0.1) is 0 Å². The molecule has 11 heavy (non-hydrogen) atoms. The summed E-state index contributed by atoms with van der Waals surface area (Å²) in [7, 11) is 0. The van der Waals surface area contributed by atoms with Crippen LogP contribution in [-0.2, 0) is 4.79 Å². The summed E-state index contributed by atoms with van der Waals surface area (Å²) < 4.78 is 0. The van der Waals surface area contributed by atoms with Crippen LogP contribution in [0.1, 0.15) is 33.1 Å². The fraction of sp³-hybridized carbons (Fsp3) is 0.667. The van der Waals surface area contributed by atoms with Gasteiger partial charge in [-0.2, -0.15) is 0 Å². The largest absolute Gasteiger partial charge is 0.369 e. The van der Waals surface area contributed by atoms with Crippen molar-refractivity contribution in [2.24, 2.45) is 11.1 Å². The summed E-state index contributed by atoms with van der Waals surface area (Å²) in [6, 6.07) is 0. The van der Waals surface area contributed by atoms with Crippen molar-refractivity contribution >= 4 is 5.91 Å². The van der Waals surface area contributed by atoms with Crippen molar-refractivity contribution in [3.05, 3.63) is 11.6 Å². The average molecular weight is 153 g/mol. The number of amides is 1. The van der Waals surface area contributed by atoms with Crippen molar-refractivity contribution in [2.75, 3.05) is 0 Å². The van der Waals surface area contributed by atoms with E-state index in [1.807, 2.05) is 6.92 Å². The summed E-state index contributed by atoms with van der Waals surface area (Å²) in [6.07, 6.45) is 4.91. The summed E-state index contributed by atoms with van der Waals surface area (Å²) in [6.45, 7) is 4.01. The number of hydrogen-bond donors (Lipinski definition) is 1. The van der Waals surface area contributed by atoms with Gasteiger partial charge in [0.2, 0.25) is 5.91 Å². The quantitative estimate of drug-likeness (QED) is 0.571. The van der Waals surface area contributed by atoms with Crippen molar-refractivity contribution in [1.82, 2.24) is 0 Å². The lowest BCUT2D eigenvalue weighted by Crippen LogP contribution is -2.35. The molecule has 1 aliphatic rings. The highest BCUT2D eigenvalue weighted by Gasteiger charge is 2.32. The molecule has 0 radical (unpaired) electrons. The molecule has 0 bridgehead atoms. The van der Waals surface area contributed by atoms with E-state index in [1.165, 1.54) is 5.57 Å². The highest BCUT2D eigenvalue weighted by Crippen LogP contribution is 2.34. The molecule has 0 aromatic carbocycles. The first-order valence-corrected chi connectivity index (χ1v) is 4.00. The van der Waals surface area contributed by atoms with Gasteiger partial charge in [0.15, 0.2) is 0 Å². The molecule has 1 unspecified atom stereocenters. The summed E-state index contributed by atoms with van der Waals surface area (Å²) in [5.74, 6) is -0.162. The molecule has 1 atom stereocenters. The zero-order valence-electron chi connectivity index (χ0n) is 7.18. The van der Waals surface area contributed by atoms with Gasteiger partial charge in [0, 0.05) is 0 Å². The monoisotopic (exact) mass is 153 g/mol.